The van der Waals surface area contributed by atoms with Gasteiger partial charge in [-0.3, -0.25) is 4.90 Å². The number of rotatable bonds is 23. The molecule has 11 nitrogen and oxygen atoms in total. The highest BCUT2D eigenvalue weighted by atomic mass is 35.6. The van der Waals surface area contributed by atoms with Gasteiger partial charge in [0.25, 0.3) is 0 Å². The fraction of sp³-hybridized carbons (Fsp3) is 0.871. The van der Waals surface area contributed by atoms with E-state index in [1.54, 1.807) is 43.8 Å². The summed E-state index contributed by atoms with van der Waals surface area (Å²) in [5.41, 5.74) is 3.76. The Hall–Kier alpha value is -0.803. The maximum Gasteiger partial charge on any atom is 0.410 e. The molecule has 0 aliphatic carbocycles. The first-order valence-corrected chi connectivity index (χ1v) is 22.9. The Morgan fingerprint density at radius 1 is 0.872 bits per heavy atom. The summed E-state index contributed by atoms with van der Waals surface area (Å²) in [5.74, 6) is 0.132. The van der Waals surface area contributed by atoms with Crippen LogP contribution in [0.2, 0.25) is 25.7 Å². The molecule has 0 heterocycles. The van der Waals surface area contributed by atoms with Crippen molar-refractivity contribution in [1.29, 1.82) is 0 Å². The topological polar surface area (TPSA) is 135 Å². The number of amides is 2. The molecule has 278 valence electrons. The first-order valence-electron chi connectivity index (χ1n) is 16.5. The maximum absolute atomic E-state index is 13.3. The van der Waals surface area contributed by atoms with Gasteiger partial charge < -0.3 is 25.4 Å². The molecule has 0 rings (SSSR count). The van der Waals surface area contributed by atoms with Gasteiger partial charge in [-0.05, 0) is 85.9 Å². The molecule has 0 atom stereocenters. The van der Waals surface area contributed by atoms with Gasteiger partial charge >= 0.3 is 12.2 Å². The summed E-state index contributed by atoms with van der Waals surface area (Å²) in [6.45, 7) is 23.2. The number of sulfonamides is 1. The van der Waals surface area contributed by atoms with E-state index in [4.69, 9.17) is 50.0 Å². The molecule has 0 saturated heterocycles. The molecule has 0 aliphatic rings. The molecule has 0 spiro atoms. The molecule has 0 radical (unpaired) electrons. The smallest absolute Gasteiger partial charge is 0.410 e. The number of carbonyl (C=O) groups excluding carboxylic acids is 2. The molecule has 47 heavy (non-hydrogen) atoms. The van der Waals surface area contributed by atoms with Gasteiger partial charge in [0.1, 0.15) is 5.60 Å². The number of hydrogen-bond acceptors (Lipinski definition) is 8. The lowest BCUT2D eigenvalue weighted by Gasteiger charge is -2.34. The molecule has 0 aromatic carbocycles. The fourth-order valence-corrected chi connectivity index (χ4v) is 8.89. The quantitative estimate of drug-likeness (QED) is 0.0524. The molecule has 0 aromatic rings. The van der Waals surface area contributed by atoms with Crippen LogP contribution in [-0.4, -0.2) is 122 Å². The van der Waals surface area contributed by atoms with Gasteiger partial charge in [-0.1, -0.05) is 60.5 Å². The molecule has 0 saturated carbocycles. The normalized spacial score (nSPS) is 13.1. The van der Waals surface area contributed by atoms with Gasteiger partial charge in [-0.2, -0.15) is 0 Å². The maximum atomic E-state index is 13.3. The van der Waals surface area contributed by atoms with Crippen molar-refractivity contribution in [3.8, 4) is 0 Å². The van der Waals surface area contributed by atoms with Crippen molar-refractivity contribution in [2.75, 3.05) is 64.7 Å². The van der Waals surface area contributed by atoms with Crippen LogP contribution in [0.3, 0.4) is 0 Å². The van der Waals surface area contributed by atoms with Crippen molar-refractivity contribution in [1.82, 2.24) is 19.4 Å². The third-order valence-electron chi connectivity index (χ3n) is 7.09. The van der Waals surface area contributed by atoms with Gasteiger partial charge in [0.15, 0.2) is 5.60 Å². The van der Waals surface area contributed by atoms with Crippen LogP contribution in [0.5, 0.6) is 0 Å². The predicted molar refractivity (Wildman–Crippen MR) is 199 cm³/mol. The molecule has 16 heteroatoms. The minimum absolute atomic E-state index is 0.132. The van der Waals surface area contributed by atoms with Crippen molar-refractivity contribution in [2.24, 2.45) is 5.73 Å². The minimum atomic E-state index is -3.45. The Kier molecular flexibility index (Phi) is 21.1. The Morgan fingerprint density at radius 3 is 1.96 bits per heavy atom. The Labute approximate surface area is 301 Å². The average molecular weight is 767 g/mol. The first kappa shape index (κ1) is 46.2. The second-order valence-corrected chi connectivity index (χ2v) is 24.5. The van der Waals surface area contributed by atoms with Gasteiger partial charge in [0.2, 0.25) is 13.8 Å². The summed E-state index contributed by atoms with van der Waals surface area (Å²) >= 11 is 18.0. The summed E-state index contributed by atoms with van der Waals surface area (Å²) in [6.07, 6.45) is 3.96. The molecular formula is C31H62Cl3N5O6SSi. The summed E-state index contributed by atoms with van der Waals surface area (Å²) in [7, 11) is -5.01. The van der Waals surface area contributed by atoms with Crippen molar-refractivity contribution < 1.29 is 27.5 Å². The zero-order valence-corrected chi connectivity index (χ0v) is 34.1. The van der Waals surface area contributed by atoms with E-state index >= 15 is 0 Å². The first-order chi connectivity index (χ1) is 21.4. The molecule has 0 unspecified atom stereocenters. The fourth-order valence-electron chi connectivity index (χ4n) is 4.22. The number of nitrogens with zero attached hydrogens (tertiary/aromatic N) is 3. The molecule has 0 aliphatic heterocycles. The largest absolute Gasteiger partial charge is 0.444 e. The molecule has 3 N–H and O–H groups in total. The van der Waals surface area contributed by atoms with Gasteiger partial charge in [-0.15, -0.1) is 6.58 Å². The lowest BCUT2D eigenvalue weighted by Crippen LogP contribution is -2.46. The Balaban J connectivity index is 5.18. The van der Waals surface area contributed by atoms with Crippen LogP contribution in [-0.2, 0) is 19.5 Å². The number of halogens is 3. The van der Waals surface area contributed by atoms with E-state index in [0.29, 0.717) is 84.1 Å². The number of ether oxygens (including phenoxy) is 2. The third-order valence-corrected chi connectivity index (χ3v) is 12.4. The molecule has 2 amide bonds. The van der Waals surface area contributed by atoms with Crippen molar-refractivity contribution >= 4 is 65.1 Å². The van der Waals surface area contributed by atoms with Crippen molar-refractivity contribution in [2.45, 2.75) is 107 Å². The number of carbonyl (C=O) groups is 2. The number of alkyl carbamates (subject to hydrolysis) is 1. The van der Waals surface area contributed by atoms with Crippen molar-refractivity contribution in [3.63, 3.8) is 0 Å². The van der Waals surface area contributed by atoms with Crippen LogP contribution in [0, 0.1) is 0 Å². The number of nitrogens with one attached hydrogen (secondary N) is 1. The highest BCUT2D eigenvalue weighted by Gasteiger charge is 2.44. The summed E-state index contributed by atoms with van der Waals surface area (Å²) in [5, 5.41) is 2.71. The van der Waals surface area contributed by atoms with Gasteiger partial charge in [-0.25, -0.2) is 22.3 Å². The number of nitrogens with two attached hydrogens (primary N) is 1. The Bertz CT molecular complexity index is 1050. The summed E-state index contributed by atoms with van der Waals surface area (Å²) < 4.78 is 37.3. The molecule has 0 bridgehead atoms. The summed E-state index contributed by atoms with van der Waals surface area (Å²) in [6, 6.07) is 0.687. The second-order valence-electron chi connectivity index (χ2n) is 14.5. The van der Waals surface area contributed by atoms with Crippen molar-refractivity contribution in [3.05, 3.63) is 12.7 Å². The highest BCUT2D eigenvalue weighted by molar-refractivity contribution is 7.89. The molecular weight excluding hydrogens is 705 g/mol. The summed E-state index contributed by atoms with van der Waals surface area (Å²) in [4.78, 5) is 28.7. The van der Waals surface area contributed by atoms with Crippen LogP contribution < -0.4 is 11.1 Å². The second kappa shape index (κ2) is 21.4. The van der Waals surface area contributed by atoms with E-state index in [2.05, 4.69) is 36.4 Å². The average Bonchev–Trinajstić information content (AvgIpc) is 2.90. The molecule has 0 fully saturated rings. The van der Waals surface area contributed by atoms with Crippen LogP contribution in [0.15, 0.2) is 12.7 Å². The predicted octanol–water partition coefficient (Wildman–Crippen LogP) is 6.47. The van der Waals surface area contributed by atoms with E-state index in [1.165, 1.54) is 0 Å². The lowest BCUT2D eigenvalue weighted by atomic mass is 10.2. The van der Waals surface area contributed by atoms with Gasteiger partial charge in [0.05, 0.1) is 5.75 Å². The van der Waals surface area contributed by atoms with Crippen LogP contribution in [0.25, 0.3) is 0 Å². The van der Waals surface area contributed by atoms with E-state index in [-0.39, 0.29) is 5.75 Å². The third kappa shape index (κ3) is 21.8. The number of hydrogen-bond donors (Lipinski definition) is 2. The van der Waals surface area contributed by atoms with Crippen LogP contribution in [0.4, 0.5) is 9.59 Å². The van der Waals surface area contributed by atoms with E-state index < -0.39 is 45.3 Å². The van der Waals surface area contributed by atoms with Crippen LogP contribution in [0.1, 0.15) is 66.7 Å². The Morgan fingerprint density at radius 2 is 1.43 bits per heavy atom. The lowest BCUT2D eigenvalue weighted by molar-refractivity contribution is 0.0152. The SMILES string of the molecule is C=CCN(CCCCN(CCCNC(=O)OC(C)(C)C)S(=O)(=O)CC[Si](C)(C)C)CCCN(CCCN)C(=O)OC(C)(C)C(Cl)(Cl)Cl. The minimum Gasteiger partial charge on any atom is -0.444 e. The monoisotopic (exact) mass is 765 g/mol. The van der Waals surface area contributed by atoms with E-state index in [9.17, 15) is 18.0 Å². The zero-order chi connectivity index (χ0) is 36.5. The van der Waals surface area contributed by atoms with E-state index in [1.807, 2.05) is 6.08 Å². The standard InChI is InChI=1S/C31H62Cl3N5O6SSi/c1-10-18-37(20-15-22-38(21-13-16-35)28(41)45-30(5,6)31(32,33)34)19-11-12-23-39(46(42,43)25-26-47(7,8)9)24-14-17-36-27(40)44-29(2,3)4/h10H,1,11-26,35H2,2-9H3,(H,36,40). The highest BCUT2D eigenvalue weighted by Crippen LogP contribution is 2.40. The zero-order valence-electron chi connectivity index (χ0n) is 30.0. The number of alkyl halides is 3. The number of unbranched alkanes of at least 4 members (excludes halogenated alkanes) is 1. The van der Waals surface area contributed by atoms with Gasteiger partial charge in [0, 0.05) is 53.9 Å². The van der Waals surface area contributed by atoms with Crippen LogP contribution >= 0.6 is 34.8 Å². The molecule has 0 aromatic heterocycles. The van der Waals surface area contributed by atoms with E-state index in [0.717, 1.165) is 13.0 Å².